The first-order chi connectivity index (χ1) is 14.3. The predicted molar refractivity (Wildman–Crippen MR) is 110 cm³/mol. The number of benzene rings is 3. The molecule has 0 unspecified atom stereocenters. The van der Waals surface area contributed by atoms with E-state index in [4.69, 9.17) is 2.51 Å². The number of nitro groups is 1. The van der Waals surface area contributed by atoms with Crippen LogP contribution >= 0.6 is 0 Å². The number of hydrogen-bond donors (Lipinski definition) is 0. The van der Waals surface area contributed by atoms with Crippen LogP contribution in [-0.4, -0.2) is 13.3 Å². The van der Waals surface area contributed by atoms with Crippen LogP contribution in [0.5, 0.6) is 0 Å². The molecule has 0 fully saturated rings. The molecule has 0 heterocycles. The molecular formula is C22H22INO5S+. The molecule has 6 nitrogen and oxygen atoms in total. The Morgan fingerprint density at radius 2 is 1.23 bits per heavy atom. The van der Waals surface area contributed by atoms with E-state index in [1.165, 1.54) is 24.3 Å². The number of nitrogens with zero attached hydrogens (tertiary/aromatic N) is 1. The van der Waals surface area contributed by atoms with E-state index < -0.39 is 35.3 Å². The number of nitro benzene ring substituents is 1. The first-order valence-corrected chi connectivity index (χ1v) is 13.9. The monoisotopic (exact) mass is 539 g/mol. The summed E-state index contributed by atoms with van der Waals surface area (Å²) in [5, 5.41) is 10.8. The van der Waals surface area contributed by atoms with E-state index >= 15 is 0 Å². The molecular weight excluding hydrogens is 517 g/mol. The van der Waals surface area contributed by atoms with E-state index in [1.807, 2.05) is 48.5 Å². The summed E-state index contributed by atoms with van der Waals surface area (Å²) in [6.45, 7) is 4.12. The molecule has 157 valence electrons. The van der Waals surface area contributed by atoms with Gasteiger partial charge in [0.15, 0.2) is 7.14 Å². The molecule has 3 aromatic carbocycles. The Labute approximate surface area is 184 Å². The Bertz CT molecular complexity index is 1060. The minimum atomic E-state index is -4.08. The highest BCUT2D eigenvalue weighted by Crippen LogP contribution is 2.16. The number of aryl methyl sites for hydroxylation is 2. The third-order valence-electron chi connectivity index (χ3n) is 4.52. The first kappa shape index (κ1) is 22.4. The van der Waals surface area contributed by atoms with Gasteiger partial charge in [0.2, 0.25) is 0 Å². The fraction of sp³-hybridized carbons (Fsp3) is 0.182. The van der Waals surface area contributed by atoms with E-state index in [0.717, 1.165) is 31.1 Å². The molecule has 0 N–H and O–H groups in total. The van der Waals surface area contributed by atoms with Gasteiger partial charge in [-0.3, -0.25) is 10.1 Å². The molecule has 0 saturated carbocycles. The van der Waals surface area contributed by atoms with E-state index in [-0.39, 0.29) is 10.6 Å². The van der Waals surface area contributed by atoms with Crippen molar-refractivity contribution in [2.75, 3.05) is 0 Å². The van der Waals surface area contributed by atoms with Gasteiger partial charge in [-0.25, -0.2) is 0 Å². The molecule has 0 aliphatic rings. The second-order valence-electron chi connectivity index (χ2n) is 6.48. The van der Waals surface area contributed by atoms with E-state index in [2.05, 4.69) is 13.8 Å². The van der Waals surface area contributed by atoms with Crippen LogP contribution in [-0.2, 0) is 25.5 Å². The summed E-state index contributed by atoms with van der Waals surface area (Å²) in [7, 11) is -4.08. The maximum absolute atomic E-state index is 13.0. The van der Waals surface area contributed by atoms with Crippen LogP contribution in [0.4, 0.5) is 5.69 Å². The molecule has 3 aromatic rings. The zero-order valence-corrected chi connectivity index (χ0v) is 19.6. The second-order valence-corrected chi connectivity index (χ2v) is 13.0. The lowest BCUT2D eigenvalue weighted by atomic mass is 10.2. The van der Waals surface area contributed by atoms with Gasteiger partial charge < -0.3 is 0 Å². The molecule has 8 heteroatoms. The zero-order chi connectivity index (χ0) is 21.7. The molecule has 0 aromatic heterocycles. The van der Waals surface area contributed by atoms with E-state index in [9.17, 15) is 18.5 Å². The van der Waals surface area contributed by atoms with Gasteiger partial charge in [0.1, 0.15) is 0 Å². The van der Waals surface area contributed by atoms with E-state index in [0.29, 0.717) is 0 Å². The Kier molecular flexibility index (Phi) is 7.22. The maximum atomic E-state index is 13.0. The van der Waals surface area contributed by atoms with Crippen LogP contribution in [0.2, 0.25) is 0 Å². The Balaban J connectivity index is 1.98. The fourth-order valence-corrected chi connectivity index (χ4v) is 9.61. The van der Waals surface area contributed by atoms with Gasteiger partial charge in [-0.15, -0.1) is 0 Å². The number of halogens is 1. The second kappa shape index (κ2) is 9.67. The molecule has 0 aliphatic carbocycles. The van der Waals surface area contributed by atoms with Crippen LogP contribution in [0, 0.1) is 17.3 Å². The van der Waals surface area contributed by atoms with Crippen molar-refractivity contribution in [1.82, 2.24) is 0 Å². The van der Waals surface area contributed by atoms with Gasteiger partial charge in [0.05, 0.1) is 9.82 Å². The van der Waals surface area contributed by atoms with E-state index in [1.54, 1.807) is 0 Å². The Morgan fingerprint density at radius 3 is 1.60 bits per heavy atom. The molecule has 0 aliphatic heterocycles. The minimum Gasteiger partial charge on any atom is -0.258 e. The standard InChI is InChI=1S/C22H22INO5S/c1-3-17-5-9-19(10-6-17)23(20-11-7-18(4-2)8-12-20)29-30(27,28)22-15-13-21(14-16-22)24(25)26/h5-16H,3-4H2,1-2H3/q+1. The largest absolute Gasteiger partial charge is 0.336 e. The van der Waals surface area contributed by atoms with Crippen LogP contribution < -0.4 is 20.2 Å². The highest BCUT2D eigenvalue weighted by molar-refractivity contribution is 7.86. The molecule has 30 heavy (non-hydrogen) atoms. The van der Waals surface area contributed by atoms with Crippen molar-refractivity contribution in [1.29, 1.82) is 0 Å². The average Bonchev–Trinajstić information content (AvgIpc) is 2.78. The highest BCUT2D eigenvalue weighted by atomic mass is 127. The summed E-state index contributed by atoms with van der Waals surface area (Å²) in [5.41, 5.74) is 2.15. The van der Waals surface area contributed by atoms with Gasteiger partial charge >= 0.3 is 30.4 Å². The van der Waals surface area contributed by atoms with Crippen LogP contribution in [0.25, 0.3) is 0 Å². The third kappa shape index (κ3) is 5.24. The minimum absolute atomic E-state index is 0.0919. The predicted octanol–water partition coefficient (Wildman–Crippen LogP) is 1.70. The van der Waals surface area contributed by atoms with Crippen molar-refractivity contribution in [3.05, 3.63) is 101 Å². The lowest BCUT2D eigenvalue weighted by Crippen LogP contribution is -3.85. The van der Waals surface area contributed by atoms with Crippen LogP contribution in [0.3, 0.4) is 0 Å². The molecule has 1 radical (unpaired) electrons. The maximum Gasteiger partial charge on any atom is 0.336 e. The molecule has 0 spiro atoms. The van der Waals surface area contributed by atoms with Gasteiger partial charge in [0.25, 0.3) is 5.69 Å². The topological polar surface area (TPSA) is 86.5 Å². The Hall–Kier alpha value is -2.30. The fourth-order valence-electron chi connectivity index (χ4n) is 2.72. The first-order valence-electron chi connectivity index (χ1n) is 9.41. The van der Waals surface area contributed by atoms with Crippen molar-refractivity contribution < 1.29 is 36.1 Å². The SMILES string of the molecule is CCc1ccc([I+](OS(=O)(=O)c2ccc([N+](=O)[O-])cc2)c2ccc(CC)cc2)cc1. The lowest BCUT2D eigenvalue weighted by Gasteiger charge is -2.07. The highest BCUT2D eigenvalue weighted by Gasteiger charge is 2.37. The molecule has 3 rings (SSSR count). The summed E-state index contributed by atoms with van der Waals surface area (Å²) in [6.07, 6.45) is 1.78. The average molecular weight is 539 g/mol. The van der Waals surface area contributed by atoms with Crippen molar-refractivity contribution in [3.63, 3.8) is 0 Å². The molecule has 0 atom stereocenters. The number of rotatable bonds is 8. The summed E-state index contributed by atoms with van der Waals surface area (Å²) in [6, 6.07) is 20.4. The molecule has 0 bridgehead atoms. The van der Waals surface area contributed by atoms with Crippen LogP contribution in [0.1, 0.15) is 25.0 Å². The third-order valence-corrected chi connectivity index (χ3v) is 11.9. The van der Waals surface area contributed by atoms with Crippen molar-refractivity contribution in [2.45, 2.75) is 31.6 Å². The van der Waals surface area contributed by atoms with Gasteiger partial charge in [0, 0.05) is 12.1 Å². The van der Waals surface area contributed by atoms with Gasteiger partial charge in [-0.05, 0) is 62.9 Å². The van der Waals surface area contributed by atoms with Gasteiger partial charge in [-0.2, -0.15) is 8.42 Å². The van der Waals surface area contributed by atoms with Crippen molar-refractivity contribution in [2.24, 2.45) is 0 Å². The number of hydrogen-bond acceptors (Lipinski definition) is 5. The van der Waals surface area contributed by atoms with Crippen LogP contribution in [0.15, 0.2) is 77.7 Å². The van der Waals surface area contributed by atoms with Crippen molar-refractivity contribution >= 4 is 15.8 Å². The quantitative estimate of drug-likeness (QED) is 0.247. The number of non-ortho nitro benzene ring substituents is 1. The summed E-state index contributed by atoms with van der Waals surface area (Å²) < 4.78 is 33.5. The summed E-state index contributed by atoms with van der Waals surface area (Å²) >= 11 is -2.78. The molecule has 0 amide bonds. The summed E-state index contributed by atoms with van der Waals surface area (Å²) in [4.78, 5) is 10.2. The Morgan fingerprint density at radius 1 is 0.800 bits per heavy atom. The van der Waals surface area contributed by atoms with Crippen molar-refractivity contribution in [3.8, 4) is 0 Å². The van der Waals surface area contributed by atoms with Gasteiger partial charge in [-0.1, -0.05) is 38.1 Å². The molecule has 0 saturated heterocycles. The lowest BCUT2D eigenvalue weighted by molar-refractivity contribution is -1.03. The normalized spacial score (nSPS) is 11.6. The zero-order valence-electron chi connectivity index (χ0n) is 16.6. The summed E-state index contributed by atoms with van der Waals surface area (Å²) in [5.74, 6) is 0. The smallest absolute Gasteiger partial charge is 0.258 e.